The second-order valence-electron chi connectivity index (χ2n) is 9.72. The van der Waals surface area contributed by atoms with Gasteiger partial charge in [-0.05, 0) is 68.6 Å². The lowest BCUT2D eigenvalue weighted by atomic mass is 9.91. The molecule has 0 amide bonds. The highest BCUT2D eigenvalue weighted by atomic mass is 32.1. The van der Waals surface area contributed by atoms with E-state index in [0.717, 1.165) is 58.6 Å². The predicted molar refractivity (Wildman–Crippen MR) is 136 cm³/mol. The molecule has 0 spiro atoms. The van der Waals surface area contributed by atoms with E-state index in [1.165, 1.54) is 12.1 Å². The van der Waals surface area contributed by atoms with Crippen LogP contribution in [0.4, 0.5) is 4.39 Å². The van der Waals surface area contributed by atoms with Gasteiger partial charge in [0.25, 0.3) is 0 Å². The van der Waals surface area contributed by atoms with Gasteiger partial charge in [-0.3, -0.25) is 0 Å². The predicted octanol–water partition coefficient (Wildman–Crippen LogP) is 5.85. The molecule has 2 aromatic carbocycles. The number of ether oxygens (including phenoxy) is 1. The first-order valence-electron chi connectivity index (χ1n) is 12.0. The third-order valence-corrected chi connectivity index (χ3v) is 7.64. The van der Waals surface area contributed by atoms with Crippen molar-refractivity contribution in [2.75, 3.05) is 26.2 Å². The molecule has 1 N–H and O–H groups in total. The molecule has 3 aromatic heterocycles. The molecular formula is C27H26FN3O4S. The molecule has 1 aliphatic rings. The number of halogens is 1. The van der Waals surface area contributed by atoms with Gasteiger partial charge in [-0.25, -0.2) is 4.39 Å². The standard InChI is InChI=1S/C27H26FN3O4S/c1-27(32,16-33-20-4-2-3-18(13-20)25-26-22(34-30-25)9-12-36-26)15-31-10-7-17(8-11-31)24-21-6-5-19(28)14-23(21)35-29-24/h2-6,9,12-14,17,32H,7-8,10-11,15-16H2,1H3/t27-/m0/s1. The Morgan fingerprint density at radius 3 is 2.81 bits per heavy atom. The minimum absolute atomic E-state index is 0.170. The number of rotatable bonds is 7. The fraction of sp³-hybridized carbons (Fsp3) is 0.333. The van der Waals surface area contributed by atoms with Gasteiger partial charge < -0.3 is 23.8 Å². The van der Waals surface area contributed by atoms with E-state index in [2.05, 4.69) is 15.2 Å². The molecule has 1 fully saturated rings. The molecule has 0 unspecified atom stereocenters. The molecule has 0 bridgehead atoms. The van der Waals surface area contributed by atoms with E-state index in [1.807, 2.05) is 35.7 Å². The number of likely N-dealkylation sites (tertiary alicyclic amines) is 1. The first kappa shape index (κ1) is 23.1. The van der Waals surface area contributed by atoms with E-state index in [0.29, 0.717) is 17.9 Å². The largest absolute Gasteiger partial charge is 0.491 e. The van der Waals surface area contributed by atoms with Crippen molar-refractivity contribution < 1.29 is 23.3 Å². The average molecular weight is 508 g/mol. The number of hydrogen-bond acceptors (Lipinski definition) is 8. The zero-order valence-corrected chi connectivity index (χ0v) is 20.6. The van der Waals surface area contributed by atoms with Crippen LogP contribution in [0.1, 0.15) is 31.4 Å². The van der Waals surface area contributed by atoms with Crippen molar-refractivity contribution in [2.24, 2.45) is 0 Å². The summed E-state index contributed by atoms with van der Waals surface area (Å²) >= 11 is 1.59. The third-order valence-electron chi connectivity index (χ3n) is 6.74. The first-order chi connectivity index (χ1) is 17.4. The highest BCUT2D eigenvalue weighted by Gasteiger charge is 2.30. The van der Waals surface area contributed by atoms with Crippen molar-refractivity contribution in [1.29, 1.82) is 0 Å². The second kappa shape index (κ2) is 9.31. The summed E-state index contributed by atoms with van der Waals surface area (Å²) in [4.78, 5) is 2.25. The first-order valence-corrected chi connectivity index (χ1v) is 12.9. The maximum absolute atomic E-state index is 13.5. The van der Waals surface area contributed by atoms with Gasteiger partial charge >= 0.3 is 0 Å². The highest BCUT2D eigenvalue weighted by Crippen LogP contribution is 2.35. The SMILES string of the molecule is C[C@@](O)(COc1cccc(-c2noc3ccsc23)c1)CN1CCC(c2noc3cc(F)ccc23)CC1. The van der Waals surface area contributed by atoms with Crippen LogP contribution in [0.15, 0.2) is 63.0 Å². The van der Waals surface area contributed by atoms with Crippen molar-refractivity contribution in [3.63, 3.8) is 0 Å². The summed E-state index contributed by atoms with van der Waals surface area (Å²) < 4.78 is 31.2. The van der Waals surface area contributed by atoms with Gasteiger partial charge in [0.05, 0.1) is 5.69 Å². The number of β-amino-alcohol motifs (C(OH)–C–C–N with tert-alkyl or cyclic N) is 1. The summed E-state index contributed by atoms with van der Waals surface area (Å²) in [5, 5.41) is 22.3. The molecule has 6 rings (SSSR count). The Morgan fingerprint density at radius 2 is 1.94 bits per heavy atom. The van der Waals surface area contributed by atoms with Gasteiger partial charge in [-0.15, -0.1) is 11.3 Å². The Balaban J connectivity index is 1.05. The van der Waals surface area contributed by atoms with E-state index in [-0.39, 0.29) is 18.3 Å². The molecule has 0 radical (unpaired) electrons. The Morgan fingerprint density at radius 1 is 1.11 bits per heavy atom. The van der Waals surface area contributed by atoms with E-state index in [1.54, 1.807) is 24.3 Å². The number of piperidine rings is 1. The van der Waals surface area contributed by atoms with Crippen LogP contribution in [0.2, 0.25) is 0 Å². The maximum atomic E-state index is 13.5. The van der Waals surface area contributed by atoms with E-state index in [9.17, 15) is 9.50 Å². The second-order valence-corrected chi connectivity index (χ2v) is 10.6. The fourth-order valence-electron chi connectivity index (χ4n) is 4.95. The molecular weight excluding hydrogens is 481 g/mol. The Labute approximate surface area is 211 Å². The molecule has 0 saturated carbocycles. The number of benzene rings is 2. The van der Waals surface area contributed by atoms with E-state index < -0.39 is 5.60 Å². The number of aliphatic hydroxyl groups is 1. The highest BCUT2D eigenvalue weighted by molar-refractivity contribution is 7.17. The summed E-state index contributed by atoms with van der Waals surface area (Å²) in [5.41, 5.74) is 2.85. The van der Waals surface area contributed by atoms with Gasteiger partial charge in [0.1, 0.15) is 34.2 Å². The molecule has 0 aliphatic carbocycles. The van der Waals surface area contributed by atoms with Crippen molar-refractivity contribution >= 4 is 32.6 Å². The van der Waals surface area contributed by atoms with Crippen LogP contribution in [-0.2, 0) is 0 Å². The lowest BCUT2D eigenvalue weighted by molar-refractivity contribution is -0.0221. The van der Waals surface area contributed by atoms with Crippen LogP contribution in [0.25, 0.3) is 32.5 Å². The van der Waals surface area contributed by atoms with Crippen LogP contribution < -0.4 is 4.74 Å². The number of nitrogens with zero attached hydrogens (tertiary/aromatic N) is 3. The monoisotopic (exact) mass is 507 g/mol. The van der Waals surface area contributed by atoms with Crippen molar-refractivity contribution in [1.82, 2.24) is 15.2 Å². The van der Waals surface area contributed by atoms with Gasteiger partial charge in [0.15, 0.2) is 11.2 Å². The zero-order chi connectivity index (χ0) is 24.7. The number of hydrogen-bond donors (Lipinski definition) is 1. The van der Waals surface area contributed by atoms with Gasteiger partial charge in [-0.1, -0.05) is 22.4 Å². The fourth-order valence-corrected chi connectivity index (χ4v) is 5.77. The third kappa shape index (κ3) is 4.61. The van der Waals surface area contributed by atoms with Gasteiger partial charge in [0.2, 0.25) is 0 Å². The Kier molecular flexibility index (Phi) is 5.99. The quantitative estimate of drug-likeness (QED) is 0.296. The minimum atomic E-state index is -1.02. The van der Waals surface area contributed by atoms with Gasteiger partial charge in [-0.2, -0.15) is 0 Å². The lowest BCUT2D eigenvalue weighted by Gasteiger charge is -2.36. The normalized spacial score (nSPS) is 17.1. The Hall–Kier alpha value is -3.27. The summed E-state index contributed by atoms with van der Waals surface area (Å²) in [6.45, 7) is 4.13. The summed E-state index contributed by atoms with van der Waals surface area (Å²) in [7, 11) is 0. The van der Waals surface area contributed by atoms with E-state index >= 15 is 0 Å². The Bertz CT molecular complexity index is 1500. The van der Waals surface area contributed by atoms with Crippen molar-refractivity contribution in [2.45, 2.75) is 31.3 Å². The maximum Gasteiger partial charge on any atom is 0.178 e. The van der Waals surface area contributed by atoms with Crippen molar-refractivity contribution in [3.05, 3.63) is 65.4 Å². The molecule has 1 saturated heterocycles. The topological polar surface area (TPSA) is 84.8 Å². The molecule has 5 aromatic rings. The average Bonchev–Trinajstić information content (AvgIpc) is 3.59. The molecule has 1 atom stereocenters. The van der Waals surface area contributed by atoms with Crippen LogP contribution in [0.3, 0.4) is 0 Å². The summed E-state index contributed by atoms with van der Waals surface area (Å²) in [6.07, 6.45) is 1.79. The van der Waals surface area contributed by atoms with Crippen LogP contribution >= 0.6 is 11.3 Å². The van der Waals surface area contributed by atoms with E-state index in [4.69, 9.17) is 13.8 Å². The smallest absolute Gasteiger partial charge is 0.178 e. The van der Waals surface area contributed by atoms with Crippen molar-refractivity contribution in [3.8, 4) is 17.0 Å². The molecule has 1 aliphatic heterocycles. The zero-order valence-electron chi connectivity index (χ0n) is 19.8. The van der Waals surface area contributed by atoms with Crippen LogP contribution in [0.5, 0.6) is 5.75 Å². The minimum Gasteiger partial charge on any atom is -0.491 e. The molecule has 9 heteroatoms. The molecule has 36 heavy (non-hydrogen) atoms. The number of fused-ring (bicyclic) bond motifs is 2. The molecule has 4 heterocycles. The lowest BCUT2D eigenvalue weighted by Crippen LogP contribution is -2.47. The number of aromatic nitrogens is 2. The molecule has 7 nitrogen and oxygen atoms in total. The number of thiophene rings is 1. The summed E-state index contributed by atoms with van der Waals surface area (Å²) in [5.74, 6) is 0.603. The van der Waals surface area contributed by atoms with Gasteiger partial charge in [0, 0.05) is 29.5 Å². The summed E-state index contributed by atoms with van der Waals surface area (Å²) in [6, 6.07) is 14.2. The van der Waals surface area contributed by atoms with Crippen LogP contribution in [0, 0.1) is 5.82 Å². The molecule has 186 valence electrons. The van der Waals surface area contributed by atoms with Crippen LogP contribution in [-0.4, -0.2) is 52.2 Å².